The van der Waals surface area contributed by atoms with Gasteiger partial charge in [0.15, 0.2) is 15.6 Å². The van der Waals surface area contributed by atoms with Crippen molar-refractivity contribution in [3.05, 3.63) is 60.3 Å². The third kappa shape index (κ3) is 3.60. The van der Waals surface area contributed by atoms with Gasteiger partial charge in [-0.1, -0.05) is 35.9 Å². The molecule has 1 N–H and O–H groups in total. The van der Waals surface area contributed by atoms with Gasteiger partial charge in [0, 0.05) is 17.5 Å². The van der Waals surface area contributed by atoms with E-state index in [4.69, 9.17) is 4.42 Å². The molecule has 0 radical (unpaired) electrons. The first kappa shape index (κ1) is 15.3. The molecule has 0 amide bonds. The third-order valence-electron chi connectivity index (χ3n) is 3.36. The van der Waals surface area contributed by atoms with Crippen molar-refractivity contribution in [1.82, 2.24) is 4.98 Å². The molecule has 3 rings (SSSR count). The number of hydrogen-bond acceptors (Lipinski definition) is 5. The fraction of sp³-hybridized carbons (Fsp3) is 0.118. The van der Waals surface area contributed by atoms with E-state index in [1.807, 2.05) is 31.2 Å². The lowest BCUT2D eigenvalue weighted by atomic mass is 10.1. The Bertz CT molecular complexity index is 928. The highest BCUT2D eigenvalue weighted by molar-refractivity contribution is 7.90. The average Bonchev–Trinajstić information content (AvgIpc) is 2.96. The molecule has 0 saturated carbocycles. The summed E-state index contributed by atoms with van der Waals surface area (Å²) in [5.41, 5.74) is 2.70. The van der Waals surface area contributed by atoms with Crippen molar-refractivity contribution in [3.63, 3.8) is 0 Å². The molecule has 118 valence electrons. The topological polar surface area (TPSA) is 72.2 Å². The van der Waals surface area contributed by atoms with Crippen molar-refractivity contribution in [2.75, 3.05) is 11.6 Å². The van der Waals surface area contributed by atoms with Crippen LogP contribution in [0.1, 0.15) is 5.56 Å². The van der Waals surface area contributed by atoms with E-state index >= 15 is 0 Å². The minimum Gasteiger partial charge on any atom is -0.423 e. The highest BCUT2D eigenvalue weighted by atomic mass is 32.2. The van der Waals surface area contributed by atoms with Crippen LogP contribution >= 0.6 is 0 Å². The summed E-state index contributed by atoms with van der Waals surface area (Å²) in [6.45, 7) is 2.02. The highest BCUT2D eigenvalue weighted by Crippen LogP contribution is 2.25. The van der Waals surface area contributed by atoms with E-state index in [0.717, 1.165) is 5.56 Å². The van der Waals surface area contributed by atoms with Crippen molar-refractivity contribution in [3.8, 4) is 11.3 Å². The molecular formula is C17H16N2O3S. The maximum absolute atomic E-state index is 11.6. The number of nitrogens with one attached hydrogen (secondary N) is 1. The Morgan fingerprint density at radius 3 is 2.52 bits per heavy atom. The van der Waals surface area contributed by atoms with Crippen LogP contribution in [0.4, 0.5) is 11.7 Å². The summed E-state index contributed by atoms with van der Waals surface area (Å²) in [5.74, 6) is 0.645. The van der Waals surface area contributed by atoms with Crippen LogP contribution in [0.25, 0.3) is 11.3 Å². The van der Waals surface area contributed by atoms with Gasteiger partial charge in [0.25, 0.3) is 6.01 Å². The summed E-state index contributed by atoms with van der Waals surface area (Å²) in [4.78, 5) is 4.42. The lowest BCUT2D eigenvalue weighted by Gasteiger charge is -2.04. The lowest BCUT2D eigenvalue weighted by Crippen LogP contribution is -1.98. The zero-order valence-electron chi connectivity index (χ0n) is 12.8. The Morgan fingerprint density at radius 1 is 1.09 bits per heavy atom. The Morgan fingerprint density at radius 2 is 1.83 bits per heavy atom. The van der Waals surface area contributed by atoms with Gasteiger partial charge in [0.05, 0.1) is 11.1 Å². The number of anilines is 2. The fourth-order valence-corrected chi connectivity index (χ4v) is 2.78. The molecule has 0 aliphatic carbocycles. The Labute approximate surface area is 134 Å². The van der Waals surface area contributed by atoms with Gasteiger partial charge in [-0.05, 0) is 25.1 Å². The number of sulfone groups is 1. The van der Waals surface area contributed by atoms with Gasteiger partial charge >= 0.3 is 0 Å². The predicted octanol–water partition coefficient (Wildman–Crippen LogP) is 3.80. The zero-order valence-corrected chi connectivity index (χ0v) is 13.6. The largest absolute Gasteiger partial charge is 0.423 e. The SMILES string of the molecule is Cc1ccc(-c2cnc(Nc3cccc(S(C)(=O)=O)c3)o2)cc1. The van der Waals surface area contributed by atoms with Crippen LogP contribution in [-0.2, 0) is 9.84 Å². The molecule has 0 aliphatic heterocycles. The highest BCUT2D eigenvalue weighted by Gasteiger charge is 2.10. The molecule has 1 aromatic heterocycles. The number of nitrogens with zero attached hydrogens (tertiary/aromatic N) is 1. The van der Waals surface area contributed by atoms with E-state index in [0.29, 0.717) is 17.5 Å². The Hall–Kier alpha value is -2.60. The van der Waals surface area contributed by atoms with Crippen LogP contribution in [0.5, 0.6) is 0 Å². The summed E-state index contributed by atoms with van der Waals surface area (Å²) in [6, 6.07) is 14.8. The van der Waals surface area contributed by atoms with Crippen LogP contribution in [0, 0.1) is 6.92 Å². The van der Waals surface area contributed by atoms with E-state index in [9.17, 15) is 8.42 Å². The first-order valence-corrected chi connectivity index (χ1v) is 8.91. The van der Waals surface area contributed by atoms with Gasteiger partial charge < -0.3 is 9.73 Å². The number of benzene rings is 2. The van der Waals surface area contributed by atoms with Crippen LogP contribution < -0.4 is 5.32 Å². The van der Waals surface area contributed by atoms with Crippen LogP contribution in [0.15, 0.2) is 64.0 Å². The monoisotopic (exact) mass is 328 g/mol. The maximum Gasteiger partial charge on any atom is 0.299 e. The summed E-state index contributed by atoms with van der Waals surface area (Å²) in [7, 11) is -3.25. The zero-order chi connectivity index (χ0) is 16.4. The minimum atomic E-state index is -3.25. The van der Waals surface area contributed by atoms with Gasteiger partial charge in [-0.2, -0.15) is 0 Å². The van der Waals surface area contributed by atoms with Gasteiger partial charge in [-0.25, -0.2) is 13.4 Å². The van der Waals surface area contributed by atoms with Crippen LogP contribution in [-0.4, -0.2) is 19.7 Å². The van der Waals surface area contributed by atoms with Gasteiger partial charge in [-0.3, -0.25) is 0 Å². The standard InChI is InChI=1S/C17H16N2O3S/c1-12-6-8-13(9-7-12)16-11-18-17(22-16)19-14-4-3-5-15(10-14)23(2,20)21/h3-11H,1-2H3,(H,18,19). The van der Waals surface area contributed by atoms with Gasteiger partial charge in [0.2, 0.25) is 0 Å². The van der Waals surface area contributed by atoms with E-state index < -0.39 is 9.84 Å². The average molecular weight is 328 g/mol. The van der Waals surface area contributed by atoms with E-state index in [-0.39, 0.29) is 4.90 Å². The second-order valence-corrected chi connectivity index (χ2v) is 7.34. The second-order valence-electron chi connectivity index (χ2n) is 5.32. The quantitative estimate of drug-likeness (QED) is 0.788. The molecule has 0 unspecified atom stereocenters. The van der Waals surface area contributed by atoms with Gasteiger partial charge in [-0.15, -0.1) is 0 Å². The van der Waals surface area contributed by atoms with Crippen molar-refractivity contribution in [1.29, 1.82) is 0 Å². The molecule has 0 saturated heterocycles. The summed E-state index contributed by atoms with van der Waals surface area (Å²) in [6.07, 6.45) is 2.81. The molecule has 2 aromatic carbocycles. The second kappa shape index (κ2) is 5.89. The molecule has 0 atom stereocenters. The molecule has 0 bridgehead atoms. The Kier molecular flexibility index (Phi) is 3.92. The summed E-state index contributed by atoms with van der Waals surface area (Å²) < 4.78 is 28.8. The van der Waals surface area contributed by atoms with Crippen LogP contribution in [0.3, 0.4) is 0 Å². The number of aryl methyl sites for hydroxylation is 1. The van der Waals surface area contributed by atoms with E-state index in [2.05, 4.69) is 10.3 Å². The van der Waals surface area contributed by atoms with Crippen molar-refractivity contribution >= 4 is 21.5 Å². The van der Waals surface area contributed by atoms with Crippen LogP contribution in [0.2, 0.25) is 0 Å². The molecule has 1 heterocycles. The number of rotatable bonds is 4. The molecular weight excluding hydrogens is 312 g/mol. The molecule has 6 heteroatoms. The smallest absolute Gasteiger partial charge is 0.299 e. The van der Waals surface area contributed by atoms with E-state index in [1.54, 1.807) is 30.5 Å². The number of oxazole rings is 1. The summed E-state index contributed by atoms with van der Waals surface area (Å²) in [5, 5.41) is 2.98. The molecule has 5 nitrogen and oxygen atoms in total. The van der Waals surface area contributed by atoms with E-state index in [1.165, 1.54) is 11.8 Å². The third-order valence-corrected chi connectivity index (χ3v) is 4.47. The lowest BCUT2D eigenvalue weighted by molar-refractivity contribution is 0.591. The predicted molar refractivity (Wildman–Crippen MR) is 89.5 cm³/mol. The molecule has 3 aromatic rings. The summed E-state index contributed by atoms with van der Waals surface area (Å²) >= 11 is 0. The maximum atomic E-state index is 11.6. The first-order chi connectivity index (χ1) is 10.9. The first-order valence-electron chi connectivity index (χ1n) is 7.02. The van der Waals surface area contributed by atoms with Crippen molar-refractivity contribution < 1.29 is 12.8 Å². The number of hydrogen-bond donors (Lipinski definition) is 1. The minimum absolute atomic E-state index is 0.243. The van der Waals surface area contributed by atoms with Gasteiger partial charge in [0.1, 0.15) is 0 Å². The number of aromatic nitrogens is 1. The molecule has 0 fully saturated rings. The molecule has 23 heavy (non-hydrogen) atoms. The fourth-order valence-electron chi connectivity index (χ4n) is 2.11. The normalized spacial score (nSPS) is 11.4. The van der Waals surface area contributed by atoms with Crippen molar-refractivity contribution in [2.24, 2.45) is 0 Å². The Balaban J connectivity index is 1.83. The molecule has 0 aliphatic rings. The molecule has 0 spiro atoms. The van der Waals surface area contributed by atoms with Crippen molar-refractivity contribution in [2.45, 2.75) is 11.8 Å².